The van der Waals surface area contributed by atoms with Crippen molar-refractivity contribution in [3.63, 3.8) is 0 Å². The van der Waals surface area contributed by atoms with Crippen molar-refractivity contribution in [1.29, 1.82) is 0 Å². The molecule has 3 rings (SSSR count). The van der Waals surface area contributed by atoms with Gasteiger partial charge in [0.1, 0.15) is 5.82 Å². The number of aromatic nitrogens is 2. The SMILES string of the molecule is CN1CC(c2cnc(Cc3ccc(F)cc3)cn2)C(=O)C1=O. The smallest absolute Gasteiger partial charge is 0.290 e. The van der Waals surface area contributed by atoms with Gasteiger partial charge >= 0.3 is 0 Å². The molecular formula is C16H14FN3O2. The zero-order chi connectivity index (χ0) is 15.7. The van der Waals surface area contributed by atoms with Crippen molar-refractivity contribution in [3.8, 4) is 0 Å². The third-order valence-corrected chi connectivity index (χ3v) is 3.71. The van der Waals surface area contributed by atoms with Crippen molar-refractivity contribution in [2.24, 2.45) is 0 Å². The van der Waals surface area contributed by atoms with Crippen LogP contribution in [0.5, 0.6) is 0 Å². The molecule has 1 aromatic heterocycles. The van der Waals surface area contributed by atoms with Gasteiger partial charge in [0.25, 0.3) is 5.91 Å². The van der Waals surface area contributed by atoms with E-state index in [1.807, 2.05) is 0 Å². The van der Waals surface area contributed by atoms with E-state index in [-0.39, 0.29) is 5.82 Å². The highest BCUT2D eigenvalue weighted by atomic mass is 19.1. The maximum absolute atomic E-state index is 12.9. The molecule has 1 aliphatic rings. The van der Waals surface area contributed by atoms with Crippen LogP contribution >= 0.6 is 0 Å². The molecule has 6 heteroatoms. The molecule has 1 amide bonds. The van der Waals surface area contributed by atoms with Crippen LogP contribution in [0.2, 0.25) is 0 Å². The van der Waals surface area contributed by atoms with Crippen molar-refractivity contribution in [1.82, 2.24) is 14.9 Å². The maximum atomic E-state index is 12.9. The number of hydrogen-bond donors (Lipinski definition) is 0. The molecule has 0 N–H and O–H groups in total. The second-order valence-corrected chi connectivity index (χ2v) is 5.34. The van der Waals surface area contributed by atoms with Gasteiger partial charge in [0, 0.05) is 32.4 Å². The Kier molecular flexibility index (Phi) is 3.66. The predicted octanol–water partition coefficient (Wildman–Crippen LogP) is 1.33. The molecule has 1 aliphatic heterocycles. The number of hydrogen-bond acceptors (Lipinski definition) is 4. The molecule has 1 atom stereocenters. The van der Waals surface area contributed by atoms with Gasteiger partial charge in [0.05, 0.1) is 17.3 Å². The number of likely N-dealkylation sites (tertiary alicyclic amines) is 1. The minimum Gasteiger partial charge on any atom is -0.338 e. The molecule has 1 unspecified atom stereocenters. The highest BCUT2D eigenvalue weighted by Gasteiger charge is 2.38. The van der Waals surface area contributed by atoms with Crippen molar-refractivity contribution >= 4 is 11.7 Å². The number of carbonyl (C=O) groups is 2. The Hall–Kier alpha value is -2.63. The summed E-state index contributed by atoms with van der Waals surface area (Å²) in [6.07, 6.45) is 3.66. The number of amides is 1. The van der Waals surface area contributed by atoms with Crippen LogP contribution in [-0.4, -0.2) is 40.2 Å². The van der Waals surface area contributed by atoms with Gasteiger partial charge in [0.2, 0.25) is 5.78 Å². The van der Waals surface area contributed by atoms with E-state index in [0.717, 1.165) is 11.3 Å². The Bertz CT molecular complexity index is 713. The van der Waals surface area contributed by atoms with Crippen molar-refractivity contribution in [3.05, 3.63) is 59.4 Å². The van der Waals surface area contributed by atoms with Crippen molar-refractivity contribution in [2.45, 2.75) is 12.3 Å². The van der Waals surface area contributed by atoms with E-state index in [1.165, 1.54) is 23.2 Å². The number of nitrogens with zero attached hydrogens (tertiary/aromatic N) is 3. The highest BCUT2D eigenvalue weighted by Crippen LogP contribution is 2.22. The van der Waals surface area contributed by atoms with Crippen LogP contribution in [0.25, 0.3) is 0 Å². The lowest BCUT2D eigenvalue weighted by Gasteiger charge is -2.08. The van der Waals surface area contributed by atoms with E-state index in [9.17, 15) is 14.0 Å². The zero-order valence-electron chi connectivity index (χ0n) is 12.0. The van der Waals surface area contributed by atoms with Gasteiger partial charge in [-0.2, -0.15) is 0 Å². The molecule has 1 saturated heterocycles. The van der Waals surface area contributed by atoms with E-state index >= 15 is 0 Å². The van der Waals surface area contributed by atoms with E-state index in [1.54, 1.807) is 25.4 Å². The van der Waals surface area contributed by atoms with Crippen LogP contribution in [0.4, 0.5) is 4.39 Å². The number of rotatable bonds is 3. The molecule has 2 aromatic rings. The number of ketones is 1. The molecular weight excluding hydrogens is 285 g/mol. The summed E-state index contributed by atoms with van der Waals surface area (Å²) >= 11 is 0. The highest BCUT2D eigenvalue weighted by molar-refractivity contribution is 6.40. The Morgan fingerprint density at radius 1 is 1.18 bits per heavy atom. The molecule has 0 saturated carbocycles. The lowest BCUT2D eigenvalue weighted by molar-refractivity contribution is -0.139. The third kappa shape index (κ3) is 2.72. The van der Waals surface area contributed by atoms with Crippen LogP contribution in [0.3, 0.4) is 0 Å². The van der Waals surface area contributed by atoms with Crippen LogP contribution in [0.1, 0.15) is 22.9 Å². The minimum absolute atomic E-state index is 0.279. The number of Topliss-reactive ketones (excluding diaryl/α,β-unsaturated/α-hetero) is 1. The first-order valence-corrected chi connectivity index (χ1v) is 6.89. The number of benzene rings is 1. The predicted molar refractivity (Wildman–Crippen MR) is 76.6 cm³/mol. The number of halogens is 1. The van der Waals surface area contributed by atoms with Gasteiger partial charge in [-0.25, -0.2) is 4.39 Å². The van der Waals surface area contributed by atoms with Gasteiger partial charge < -0.3 is 4.90 Å². The first-order chi connectivity index (χ1) is 10.5. The summed E-state index contributed by atoms with van der Waals surface area (Å²) in [5, 5.41) is 0. The molecule has 112 valence electrons. The standard InChI is InChI=1S/C16H14FN3O2/c1-20-9-13(15(21)16(20)22)14-8-18-12(7-19-14)6-10-2-4-11(17)5-3-10/h2-5,7-8,13H,6,9H2,1H3. The Morgan fingerprint density at radius 3 is 2.45 bits per heavy atom. The van der Waals surface area contributed by atoms with E-state index in [2.05, 4.69) is 9.97 Å². The quantitative estimate of drug-likeness (QED) is 0.802. The summed E-state index contributed by atoms with van der Waals surface area (Å²) in [7, 11) is 1.59. The summed E-state index contributed by atoms with van der Waals surface area (Å²) in [6.45, 7) is 0.337. The van der Waals surface area contributed by atoms with Crippen LogP contribution in [0.15, 0.2) is 36.7 Å². The number of likely N-dealkylation sites (N-methyl/N-ethyl adjacent to an activating group) is 1. The molecule has 1 aromatic carbocycles. The van der Waals surface area contributed by atoms with E-state index in [4.69, 9.17) is 0 Å². The van der Waals surface area contributed by atoms with Crippen LogP contribution in [0, 0.1) is 5.82 Å². The lowest BCUT2D eigenvalue weighted by atomic mass is 10.0. The molecule has 2 heterocycles. The Labute approximate surface area is 126 Å². The fourth-order valence-corrected chi connectivity index (χ4v) is 2.45. The summed E-state index contributed by atoms with van der Waals surface area (Å²) in [5.41, 5.74) is 2.15. The topological polar surface area (TPSA) is 63.2 Å². The molecule has 1 fully saturated rings. The fraction of sp³-hybridized carbons (Fsp3) is 0.250. The largest absolute Gasteiger partial charge is 0.338 e. The normalized spacial score (nSPS) is 18.1. The minimum atomic E-state index is -0.537. The third-order valence-electron chi connectivity index (χ3n) is 3.71. The van der Waals surface area contributed by atoms with E-state index in [0.29, 0.717) is 18.7 Å². The first-order valence-electron chi connectivity index (χ1n) is 6.89. The van der Waals surface area contributed by atoms with Crippen LogP contribution < -0.4 is 0 Å². The Balaban J connectivity index is 1.74. The Morgan fingerprint density at radius 2 is 1.91 bits per heavy atom. The molecule has 0 aliphatic carbocycles. The zero-order valence-corrected chi connectivity index (χ0v) is 12.0. The molecule has 0 bridgehead atoms. The van der Waals surface area contributed by atoms with Gasteiger partial charge in [-0.3, -0.25) is 19.6 Å². The maximum Gasteiger partial charge on any atom is 0.290 e. The van der Waals surface area contributed by atoms with Gasteiger partial charge in [-0.1, -0.05) is 12.1 Å². The monoisotopic (exact) mass is 299 g/mol. The number of carbonyl (C=O) groups excluding carboxylic acids is 2. The molecule has 0 spiro atoms. The summed E-state index contributed by atoms with van der Waals surface area (Å²) in [6, 6.07) is 6.18. The second kappa shape index (κ2) is 5.63. The van der Waals surface area contributed by atoms with Gasteiger partial charge in [-0.15, -0.1) is 0 Å². The van der Waals surface area contributed by atoms with Gasteiger partial charge in [0.15, 0.2) is 0 Å². The molecule has 22 heavy (non-hydrogen) atoms. The van der Waals surface area contributed by atoms with Gasteiger partial charge in [-0.05, 0) is 17.7 Å². The first kappa shape index (κ1) is 14.3. The summed E-state index contributed by atoms with van der Waals surface area (Å²) in [5.74, 6) is -1.74. The second-order valence-electron chi connectivity index (χ2n) is 5.34. The summed E-state index contributed by atoms with van der Waals surface area (Å²) in [4.78, 5) is 33.3. The average molecular weight is 299 g/mol. The van der Waals surface area contributed by atoms with Crippen molar-refractivity contribution in [2.75, 3.05) is 13.6 Å². The average Bonchev–Trinajstić information content (AvgIpc) is 2.78. The van der Waals surface area contributed by atoms with Crippen LogP contribution in [-0.2, 0) is 16.0 Å². The lowest BCUT2D eigenvalue weighted by Crippen LogP contribution is -2.22. The fourth-order valence-electron chi connectivity index (χ4n) is 2.45. The molecule has 5 nitrogen and oxygen atoms in total. The molecule has 0 radical (unpaired) electrons. The van der Waals surface area contributed by atoms with E-state index < -0.39 is 17.6 Å². The van der Waals surface area contributed by atoms with Crippen molar-refractivity contribution < 1.29 is 14.0 Å². The summed E-state index contributed by atoms with van der Waals surface area (Å²) < 4.78 is 12.9.